The number of benzene rings is 1. The maximum Gasteiger partial charge on any atom is 0.192 e. The zero-order chi connectivity index (χ0) is 16.7. The van der Waals surface area contributed by atoms with Crippen LogP contribution in [0, 0.1) is 5.41 Å². The summed E-state index contributed by atoms with van der Waals surface area (Å²) in [4.78, 5) is 4.28. The van der Waals surface area contributed by atoms with Gasteiger partial charge in [0.25, 0.3) is 0 Å². The summed E-state index contributed by atoms with van der Waals surface area (Å²) >= 11 is 0. The second-order valence-electron chi connectivity index (χ2n) is 5.44. The minimum atomic E-state index is 0.185. The molecule has 7 heteroatoms. The molecule has 1 aromatic rings. The predicted octanol–water partition coefficient (Wildman–Crippen LogP) is 1.23. The average molecular weight is 308 g/mol. The third-order valence-corrected chi connectivity index (χ3v) is 3.37. The third-order valence-electron chi connectivity index (χ3n) is 3.37. The molecule has 0 amide bonds. The molecule has 0 fully saturated rings. The van der Waals surface area contributed by atoms with Crippen LogP contribution in [0.3, 0.4) is 0 Å². The minimum absolute atomic E-state index is 0.185. The first-order chi connectivity index (χ1) is 10.4. The SMILES string of the molecule is CNC(=N)Nc1cc(N)c(N(C)CCCN(C)C)cc1OC. The van der Waals surface area contributed by atoms with Crippen LogP contribution in [0.15, 0.2) is 12.1 Å². The highest BCUT2D eigenvalue weighted by Crippen LogP contribution is 2.34. The minimum Gasteiger partial charge on any atom is -0.494 e. The summed E-state index contributed by atoms with van der Waals surface area (Å²) in [5, 5.41) is 13.3. The molecule has 0 saturated carbocycles. The van der Waals surface area contributed by atoms with Gasteiger partial charge in [0.05, 0.1) is 24.2 Å². The molecule has 0 radical (unpaired) electrons. The molecule has 0 aliphatic carbocycles. The first kappa shape index (κ1) is 17.9. The van der Waals surface area contributed by atoms with Crippen LogP contribution in [0.5, 0.6) is 5.75 Å². The summed E-state index contributed by atoms with van der Waals surface area (Å²) in [5.74, 6) is 0.841. The van der Waals surface area contributed by atoms with E-state index in [2.05, 4.69) is 34.5 Å². The average Bonchev–Trinajstić information content (AvgIpc) is 2.46. The Labute approximate surface area is 132 Å². The second kappa shape index (κ2) is 8.33. The summed E-state index contributed by atoms with van der Waals surface area (Å²) in [7, 11) is 9.43. The third kappa shape index (κ3) is 5.00. The highest BCUT2D eigenvalue weighted by atomic mass is 16.5. The number of nitrogen functional groups attached to an aromatic ring is 1. The van der Waals surface area contributed by atoms with Crippen molar-refractivity contribution < 1.29 is 4.74 Å². The van der Waals surface area contributed by atoms with Gasteiger partial charge in [-0.3, -0.25) is 5.41 Å². The van der Waals surface area contributed by atoms with Gasteiger partial charge in [0.2, 0.25) is 0 Å². The molecule has 0 aliphatic rings. The second-order valence-corrected chi connectivity index (χ2v) is 5.44. The number of hydrogen-bond donors (Lipinski definition) is 4. The van der Waals surface area contributed by atoms with E-state index < -0.39 is 0 Å². The molecule has 0 aromatic heterocycles. The molecule has 0 spiro atoms. The normalized spacial score (nSPS) is 10.5. The zero-order valence-electron chi connectivity index (χ0n) is 14.2. The molecule has 0 bridgehead atoms. The van der Waals surface area contributed by atoms with E-state index in [4.69, 9.17) is 15.9 Å². The van der Waals surface area contributed by atoms with Gasteiger partial charge in [0, 0.05) is 26.7 Å². The first-order valence-corrected chi connectivity index (χ1v) is 7.25. The van der Waals surface area contributed by atoms with Gasteiger partial charge in [-0.1, -0.05) is 0 Å². The van der Waals surface area contributed by atoms with Gasteiger partial charge < -0.3 is 30.9 Å². The summed E-state index contributed by atoms with van der Waals surface area (Å²) < 4.78 is 5.40. The number of nitrogens with two attached hydrogens (primary N) is 1. The lowest BCUT2D eigenvalue weighted by Gasteiger charge is -2.24. The van der Waals surface area contributed by atoms with Crippen molar-refractivity contribution in [2.45, 2.75) is 6.42 Å². The monoisotopic (exact) mass is 308 g/mol. The highest BCUT2D eigenvalue weighted by Gasteiger charge is 2.12. The molecule has 124 valence electrons. The number of hydrogen-bond acceptors (Lipinski definition) is 5. The van der Waals surface area contributed by atoms with Crippen LogP contribution in [0.1, 0.15) is 6.42 Å². The summed E-state index contributed by atoms with van der Waals surface area (Å²) in [6.45, 7) is 1.94. The van der Waals surface area contributed by atoms with E-state index in [0.29, 0.717) is 17.1 Å². The molecule has 22 heavy (non-hydrogen) atoms. The lowest BCUT2D eigenvalue weighted by molar-refractivity contribution is 0.401. The van der Waals surface area contributed by atoms with Gasteiger partial charge >= 0.3 is 0 Å². The summed E-state index contributed by atoms with van der Waals surface area (Å²) in [6, 6.07) is 3.69. The lowest BCUT2D eigenvalue weighted by Crippen LogP contribution is -2.26. The summed E-state index contributed by atoms with van der Waals surface area (Å²) in [6.07, 6.45) is 1.05. The van der Waals surface area contributed by atoms with Crippen LogP contribution >= 0.6 is 0 Å². The Kier molecular flexibility index (Phi) is 6.78. The predicted molar refractivity (Wildman–Crippen MR) is 94.3 cm³/mol. The molecular weight excluding hydrogens is 280 g/mol. The van der Waals surface area contributed by atoms with Crippen LogP contribution < -0.4 is 26.0 Å². The fourth-order valence-electron chi connectivity index (χ4n) is 2.12. The highest BCUT2D eigenvalue weighted by molar-refractivity contribution is 5.94. The molecule has 0 unspecified atom stereocenters. The van der Waals surface area contributed by atoms with E-state index in [-0.39, 0.29) is 5.96 Å². The van der Waals surface area contributed by atoms with Crippen LogP contribution in [0.4, 0.5) is 17.1 Å². The van der Waals surface area contributed by atoms with Gasteiger partial charge in [-0.15, -0.1) is 0 Å². The van der Waals surface area contributed by atoms with Crippen molar-refractivity contribution in [3.05, 3.63) is 12.1 Å². The van der Waals surface area contributed by atoms with Crippen molar-refractivity contribution in [3.63, 3.8) is 0 Å². The number of methoxy groups -OCH3 is 1. The van der Waals surface area contributed by atoms with E-state index in [1.165, 1.54) is 0 Å². The van der Waals surface area contributed by atoms with E-state index in [1.54, 1.807) is 20.2 Å². The lowest BCUT2D eigenvalue weighted by atomic mass is 10.2. The van der Waals surface area contributed by atoms with Gasteiger partial charge in [-0.2, -0.15) is 0 Å². The first-order valence-electron chi connectivity index (χ1n) is 7.25. The molecule has 0 aliphatic heterocycles. The van der Waals surface area contributed by atoms with Crippen molar-refractivity contribution in [3.8, 4) is 5.75 Å². The van der Waals surface area contributed by atoms with Crippen molar-refractivity contribution in [1.29, 1.82) is 5.41 Å². The molecule has 0 saturated heterocycles. The van der Waals surface area contributed by atoms with Gasteiger partial charge in [0.1, 0.15) is 5.75 Å². The van der Waals surface area contributed by atoms with E-state index in [9.17, 15) is 0 Å². The van der Waals surface area contributed by atoms with Crippen molar-refractivity contribution in [2.24, 2.45) is 0 Å². The Morgan fingerprint density at radius 2 is 1.95 bits per heavy atom. The summed E-state index contributed by atoms with van der Waals surface area (Å²) in [5.41, 5.74) is 8.41. The van der Waals surface area contributed by atoms with Gasteiger partial charge in [-0.05, 0) is 33.1 Å². The number of ether oxygens (including phenoxy) is 1. The molecule has 1 rings (SSSR count). The van der Waals surface area contributed by atoms with Gasteiger partial charge in [0.15, 0.2) is 5.96 Å². The number of guanidine groups is 1. The maximum absolute atomic E-state index is 7.65. The standard InChI is InChI=1S/C15H28N6O/c1-18-15(17)19-12-9-11(16)13(10-14(12)22-5)21(4)8-6-7-20(2)3/h9-10H,6-8,16H2,1-5H3,(H3,17,18,19). The Morgan fingerprint density at radius 3 is 2.50 bits per heavy atom. The molecule has 0 atom stereocenters. The van der Waals surface area contributed by atoms with Gasteiger partial charge in [-0.25, -0.2) is 0 Å². The number of rotatable bonds is 7. The zero-order valence-corrected chi connectivity index (χ0v) is 14.2. The Morgan fingerprint density at radius 1 is 1.27 bits per heavy atom. The van der Waals surface area contributed by atoms with Crippen molar-refractivity contribution in [1.82, 2.24) is 10.2 Å². The molecular formula is C15H28N6O. The van der Waals surface area contributed by atoms with E-state index in [1.807, 2.05) is 13.1 Å². The van der Waals surface area contributed by atoms with Crippen LogP contribution in [0.25, 0.3) is 0 Å². The van der Waals surface area contributed by atoms with E-state index >= 15 is 0 Å². The van der Waals surface area contributed by atoms with Crippen LogP contribution in [-0.4, -0.2) is 59.2 Å². The van der Waals surface area contributed by atoms with Crippen molar-refractivity contribution in [2.75, 3.05) is 64.3 Å². The number of anilines is 3. The quantitative estimate of drug-likeness (QED) is 0.344. The van der Waals surface area contributed by atoms with Crippen LogP contribution in [0.2, 0.25) is 0 Å². The Balaban J connectivity index is 2.90. The number of nitrogens with one attached hydrogen (secondary N) is 3. The Bertz CT molecular complexity index is 503. The molecule has 5 N–H and O–H groups in total. The maximum atomic E-state index is 7.65. The van der Waals surface area contributed by atoms with E-state index in [0.717, 1.165) is 25.2 Å². The largest absolute Gasteiger partial charge is 0.494 e. The van der Waals surface area contributed by atoms with Crippen molar-refractivity contribution >= 4 is 23.0 Å². The van der Waals surface area contributed by atoms with Crippen LogP contribution in [-0.2, 0) is 0 Å². The molecule has 1 aromatic carbocycles. The fraction of sp³-hybridized carbons (Fsp3) is 0.533. The Hall–Kier alpha value is -2.15. The topological polar surface area (TPSA) is 89.6 Å². The molecule has 0 heterocycles. The molecule has 7 nitrogen and oxygen atoms in total. The smallest absolute Gasteiger partial charge is 0.192 e. The number of nitrogens with zero attached hydrogens (tertiary/aromatic N) is 2. The fourth-order valence-corrected chi connectivity index (χ4v) is 2.12.